The van der Waals surface area contributed by atoms with Gasteiger partial charge < -0.3 is 18.6 Å². The lowest BCUT2D eigenvalue weighted by Crippen LogP contribution is -2.31. The van der Waals surface area contributed by atoms with Crippen molar-refractivity contribution in [1.29, 1.82) is 0 Å². The van der Waals surface area contributed by atoms with Crippen LogP contribution in [0.5, 0.6) is 11.5 Å². The number of furan rings is 1. The molecule has 0 spiro atoms. The molecular formula is C32H28N2O6S. The minimum atomic E-state index is -0.554. The maximum Gasteiger partial charge on any atom is 0.373 e. The first kappa shape index (κ1) is 27.8. The summed E-state index contributed by atoms with van der Waals surface area (Å²) in [6.07, 6.45) is 2.54. The standard InChI is InChI=1S/C32H28N2O6S/c1-37-28-19-23(13-15-26(28)39-21-25-14-16-27(40-25)31(36)38-2)20-29-30(35)34(18-17-22-9-5-3-6-10-22)32(41-29)33-24-11-7-4-8-12-24/h3-16,19-20H,17-18,21H2,1-2H3/b29-20+,33-32?. The number of para-hydroxylation sites is 1. The van der Waals surface area contributed by atoms with Crippen LogP contribution in [0.15, 0.2) is 105 Å². The number of amidine groups is 1. The average molecular weight is 569 g/mol. The smallest absolute Gasteiger partial charge is 0.373 e. The van der Waals surface area contributed by atoms with E-state index in [1.807, 2.05) is 60.7 Å². The number of hydrogen-bond donors (Lipinski definition) is 0. The molecule has 2 heterocycles. The number of amides is 1. The van der Waals surface area contributed by atoms with E-state index in [0.717, 1.165) is 16.8 Å². The van der Waals surface area contributed by atoms with Gasteiger partial charge in [0.15, 0.2) is 16.7 Å². The molecule has 0 N–H and O–H groups in total. The van der Waals surface area contributed by atoms with Crippen molar-refractivity contribution in [3.05, 3.63) is 119 Å². The van der Waals surface area contributed by atoms with Crippen LogP contribution in [0.3, 0.4) is 0 Å². The van der Waals surface area contributed by atoms with Gasteiger partial charge in [-0.3, -0.25) is 9.69 Å². The van der Waals surface area contributed by atoms with Crippen molar-refractivity contribution in [2.45, 2.75) is 13.0 Å². The minimum Gasteiger partial charge on any atom is -0.493 e. The third-order valence-electron chi connectivity index (χ3n) is 6.24. The zero-order valence-electron chi connectivity index (χ0n) is 22.6. The Morgan fingerprint density at radius 1 is 0.951 bits per heavy atom. The van der Waals surface area contributed by atoms with Crippen LogP contribution < -0.4 is 9.47 Å². The summed E-state index contributed by atoms with van der Waals surface area (Å²) >= 11 is 1.35. The predicted octanol–water partition coefficient (Wildman–Crippen LogP) is 6.50. The molecule has 0 bridgehead atoms. The number of methoxy groups -OCH3 is 2. The summed E-state index contributed by atoms with van der Waals surface area (Å²) in [5.41, 5.74) is 2.71. The minimum absolute atomic E-state index is 0.0951. The molecule has 0 saturated carbocycles. The molecule has 1 fully saturated rings. The third kappa shape index (κ3) is 6.88. The number of carbonyl (C=O) groups is 2. The van der Waals surface area contributed by atoms with Gasteiger partial charge in [0, 0.05) is 6.54 Å². The number of aliphatic imine (C=N–C) groups is 1. The zero-order valence-corrected chi connectivity index (χ0v) is 23.4. The molecule has 41 heavy (non-hydrogen) atoms. The van der Waals surface area contributed by atoms with Crippen LogP contribution >= 0.6 is 11.8 Å². The lowest BCUT2D eigenvalue weighted by Gasteiger charge is -2.15. The first-order valence-electron chi connectivity index (χ1n) is 12.9. The van der Waals surface area contributed by atoms with Crippen molar-refractivity contribution >= 4 is 40.6 Å². The molecule has 0 unspecified atom stereocenters. The van der Waals surface area contributed by atoms with Crippen LogP contribution in [0.25, 0.3) is 6.08 Å². The summed E-state index contributed by atoms with van der Waals surface area (Å²) in [6.45, 7) is 0.608. The van der Waals surface area contributed by atoms with Crippen LogP contribution in [0.1, 0.15) is 27.4 Å². The van der Waals surface area contributed by atoms with Gasteiger partial charge in [0.05, 0.1) is 24.8 Å². The van der Waals surface area contributed by atoms with Gasteiger partial charge in [-0.15, -0.1) is 0 Å². The van der Waals surface area contributed by atoms with Crippen LogP contribution in [-0.4, -0.2) is 42.7 Å². The Balaban J connectivity index is 1.34. The second-order valence-corrected chi connectivity index (χ2v) is 10.00. The van der Waals surface area contributed by atoms with E-state index in [-0.39, 0.29) is 18.3 Å². The number of hydrogen-bond acceptors (Lipinski definition) is 8. The number of carbonyl (C=O) groups excluding carboxylic acids is 2. The molecule has 1 amide bonds. The lowest BCUT2D eigenvalue weighted by molar-refractivity contribution is -0.122. The van der Waals surface area contributed by atoms with E-state index in [4.69, 9.17) is 18.9 Å². The maximum absolute atomic E-state index is 13.5. The second-order valence-electron chi connectivity index (χ2n) is 8.99. The monoisotopic (exact) mass is 568 g/mol. The summed E-state index contributed by atoms with van der Waals surface area (Å²) in [7, 11) is 2.84. The van der Waals surface area contributed by atoms with Gasteiger partial charge in [-0.2, -0.15) is 0 Å². The number of benzene rings is 3. The molecule has 9 heteroatoms. The van der Waals surface area contributed by atoms with Gasteiger partial charge in [-0.1, -0.05) is 54.6 Å². The highest BCUT2D eigenvalue weighted by molar-refractivity contribution is 8.18. The predicted molar refractivity (Wildman–Crippen MR) is 158 cm³/mol. The summed E-state index contributed by atoms with van der Waals surface area (Å²) in [4.78, 5) is 32.2. The van der Waals surface area contributed by atoms with Crippen molar-refractivity contribution in [1.82, 2.24) is 4.90 Å². The Morgan fingerprint density at radius 3 is 2.44 bits per heavy atom. The number of esters is 1. The molecule has 0 atom stereocenters. The summed E-state index contributed by atoms with van der Waals surface area (Å²) in [5, 5.41) is 0.639. The highest BCUT2D eigenvalue weighted by Crippen LogP contribution is 2.36. The molecule has 1 saturated heterocycles. The van der Waals surface area contributed by atoms with Crippen LogP contribution in [0.4, 0.5) is 5.69 Å². The Bertz CT molecular complexity index is 1580. The molecular weight excluding hydrogens is 540 g/mol. The van der Waals surface area contributed by atoms with Gasteiger partial charge in [-0.05, 0) is 71.8 Å². The van der Waals surface area contributed by atoms with Crippen molar-refractivity contribution in [2.75, 3.05) is 20.8 Å². The Hall–Kier alpha value is -4.76. The molecule has 1 aliphatic rings. The van der Waals surface area contributed by atoms with E-state index in [2.05, 4.69) is 16.9 Å². The fraction of sp³-hybridized carbons (Fsp3) is 0.156. The number of thioether (sulfide) groups is 1. The first-order valence-corrected chi connectivity index (χ1v) is 13.7. The largest absolute Gasteiger partial charge is 0.493 e. The highest BCUT2D eigenvalue weighted by atomic mass is 32.2. The number of rotatable bonds is 10. The quantitative estimate of drug-likeness (QED) is 0.159. The van der Waals surface area contributed by atoms with E-state index >= 15 is 0 Å². The van der Waals surface area contributed by atoms with Crippen molar-refractivity contribution in [2.24, 2.45) is 4.99 Å². The van der Waals surface area contributed by atoms with Crippen molar-refractivity contribution in [3.63, 3.8) is 0 Å². The normalized spacial score (nSPS) is 15.0. The SMILES string of the molecule is COC(=O)c1ccc(COc2ccc(/C=C3/SC(=Nc4ccccc4)N(CCc4ccccc4)C3=O)cc2OC)o1. The van der Waals surface area contributed by atoms with Crippen LogP contribution in [-0.2, 0) is 22.6 Å². The topological polar surface area (TPSA) is 90.6 Å². The molecule has 1 aromatic heterocycles. The first-order chi connectivity index (χ1) is 20.0. The maximum atomic E-state index is 13.5. The fourth-order valence-corrected chi connectivity index (χ4v) is 5.17. The third-order valence-corrected chi connectivity index (χ3v) is 7.25. The molecule has 1 aliphatic heterocycles. The van der Waals surface area contributed by atoms with E-state index in [1.54, 1.807) is 30.2 Å². The van der Waals surface area contributed by atoms with Crippen molar-refractivity contribution in [3.8, 4) is 11.5 Å². The van der Waals surface area contributed by atoms with Gasteiger partial charge in [0.1, 0.15) is 12.4 Å². The van der Waals surface area contributed by atoms with E-state index < -0.39 is 5.97 Å². The zero-order chi connectivity index (χ0) is 28.6. The average Bonchev–Trinajstić information content (AvgIpc) is 3.60. The fourth-order valence-electron chi connectivity index (χ4n) is 4.15. The van der Waals surface area contributed by atoms with E-state index in [1.165, 1.54) is 24.9 Å². The van der Waals surface area contributed by atoms with E-state index in [0.29, 0.717) is 40.3 Å². The summed E-state index contributed by atoms with van der Waals surface area (Å²) in [5.74, 6) is 0.903. The van der Waals surface area contributed by atoms with Crippen molar-refractivity contribution < 1.29 is 28.2 Å². The van der Waals surface area contributed by atoms with Gasteiger partial charge in [0.2, 0.25) is 5.76 Å². The Kier molecular flexibility index (Phi) is 8.85. The van der Waals surface area contributed by atoms with E-state index in [9.17, 15) is 9.59 Å². The Labute approximate surface area is 242 Å². The van der Waals surface area contributed by atoms with Crippen LogP contribution in [0.2, 0.25) is 0 Å². The Morgan fingerprint density at radius 2 is 1.71 bits per heavy atom. The molecule has 5 rings (SSSR count). The second kappa shape index (κ2) is 13.1. The molecule has 0 radical (unpaired) electrons. The molecule has 3 aromatic carbocycles. The summed E-state index contributed by atoms with van der Waals surface area (Å²) < 4.78 is 21.5. The number of ether oxygens (including phenoxy) is 3. The van der Waals surface area contributed by atoms with Crippen LogP contribution in [0, 0.1) is 0 Å². The van der Waals surface area contributed by atoms with Gasteiger partial charge >= 0.3 is 5.97 Å². The molecule has 8 nitrogen and oxygen atoms in total. The lowest BCUT2D eigenvalue weighted by atomic mass is 10.1. The highest BCUT2D eigenvalue weighted by Gasteiger charge is 2.33. The number of nitrogens with zero attached hydrogens (tertiary/aromatic N) is 2. The molecule has 4 aromatic rings. The summed E-state index contributed by atoms with van der Waals surface area (Å²) in [6, 6.07) is 28.3. The molecule has 0 aliphatic carbocycles. The van der Waals surface area contributed by atoms with Gasteiger partial charge in [0.25, 0.3) is 5.91 Å². The molecule has 208 valence electrons. The van der Waals surface area contributed by atoms with Gasteiger partial charge in [-0.25, -0.2) is 9.79 Å².